The Morgan fingerprint density at radius 2 is 1.90 bits per heavy atom. The minimum atomic E-state index is -0.686. The van der Waals surface area contributed by atoms with Crippen LogP contribution in [0.1, 0.15) is 12.0 Å². The van der Waals surface area contributed by atoms with Gasteiger partial charge in [-0.1, -0.05) is 17.7 Å². The highest BCUT2D eigenvalue weighted by Gasteiger charge is 2.15. The van der Waals surface area contributed by atoms with Crippen molar-refractivity contribution in [3.05, 3.63) is 53.7 Å². The molecule has 106 valence electrons. The average molecular weight is 277 g/mol. The van der Waals surface area contributed by atoms with Gasteiger partial charge < -0.3 is 10.6 Å². The Morgan fingerprint density at radius 1 is 1.20 bits per heavy atom. The monoisotopic (exact) mass is 277 g/mol. The van der Waals surface area contributed by atoms with E-state index in [-0.39, 0.29) is 5.82 Å². The fraction of sp³-hybridized carbons (Fsp3) is 0.267. The lowest BCUT2D eigenvalue weighted by Crippen LogP contribution is -2.23. The summed E-state index contributed by atoms with van der Waals surface area (Å²) in [5.41, 5.74) is 7.44. The molecule has 0 aliphatic carbocycles. The third-order valence-corrected chi connectivity index (χ3v) is 2.98. The molecule has 0 saturated heterocycles. The Kier molecular flexibility index (Phi) is 4.63. The van der Waals surface area contributed by atoms with Crippen LogP contribution in [0.15, 0.2) is 36.5 Å². The zero-order chi connectivity index (χ0) is 14.5. The summed E-state index contributed by atoms with van der Waals surface area (Å²) in [6, 6.07) is 8.48. The molecule has 2 N–H and O–H groups in total. The molecule has 0 atom stereocenters. The van der Waals surface area contributed by atoms with E-state index >= 15 is 0 Å². The van der Waals surface area contributed by atoms with Crippen molar-refractivity contribution in [3.63, 3.8) is 0 Å². The molecule has 1 aromatic heterocycles. The standard InChI is InChI=1S/C15H17F2N3/c1-11-3-5-13(6-4-11)20(8-2-7-18)15-14(17)9-12(16)10-19-15/h3-6,9-10H,2,7-8,18H2,1H3. The molecule has 0 unspecified atom stereocenters. The number of pyridine rings is 1. The van der Waals surface area contributed by atoms with Gasteiger partial charge in [0, 0.05) is 18.3 Å². The summed E-state index contributed by atoms with van der Waals surface area (Å²) in [7, 11) is 0. The molecule has 2 rings (SSSR count). The minimum Gasteiger partial charge on any atom is -0.330 e. The van der Waals surface area contributed by atoms with Crippen molar-refractivity contribution in [2.75, 3.05) is 18.0 Å². The number of aromatic nitrogens is 1. The molecule has 0 saturated carbocycles. The number of hydrogen-bond donors (Lipinski definition) is 1. The van der Waals surface area contributed by atoms with Gasteiger partial charge in [0.1, 0.15) is 5.82 Å². The van der Waals surface area contributed by atoms with Crippen molar-refractivity contribution in [1.82, 2.24) is 4.98 Å². The van der Waals surface area contributed by atoms with Crippen molar-refractivity contribution in [2.45, 2.75) is 13.3 Å². The molecule has 1 heterocycles. The largest absolute Gasteiger partial charge is 0.330 e. The zero-order valence-electron chi connectivity index (χ0n) is 11.3. The maximum atomic E-state index is 13.9. The second-order valence-electron chi connectivity index (χ2n) is 4.59. The van der Waals surface area contributed by atoms with Crippen molar-refractivity contribution in [1.29, 1.82) is 0 Å². The highest BCUT2D eigenvalue weighted by molar-refractivity contribution is 5.60. The Bertz CT molecular complexity index is 570. The SMILES string of the molecule is Cc1ccc(N(CCCN)c2ncc(F)cc2F)cc1. The van der Waals surface area contributed by atoms with E-state index in [2.05, 4.69) is 4.98 Å². The Morgan fingerprint density at radius 3 is 2.50 bits per heavy atom. The van der Waals surface area contributed by atoms with Gasteiger partial charge in [-0.2, -0.15) is 0 Å². The summed E-state index contributed by atoms with van der Waals surface area (Å²) in [4.78, 5) is 5.57. The Labute approximate surface area is 117 Å². The van der Waals surface area contributed by atoms with Gasteiger partial charge in [0.25, 0.3) is 0 Å². The van der Waals surface area contributed by atoms with Crippen molar-refractivity contribution < 1.29 is 8.78 Å². The summed E-state index contributed by atoms with van der Waals surface area (Å²) < 4.78 is 26.9. The number of halogens is 2. The first-order valence-corrected chi connectivity index (χ1v) is 6.47. The van der Waals surface area contributed by atoms with Crippen LogP contribution in [0.3, 0.4) is 0 Å². The third-order valence-electron chi connectivity index (χ3n) is 2.98. The average Bonchev–Trinajstić information content (AvgIpc) is 2.42. The van der Waals surface area contributed by atoms with E-state index in [1.807, 2.05) is 31.2 Å². The molecule has 0 aliphatic heterocycles. The fourth-order valence-corrected chi connectivity index (χ4v) is 1.94. The number of anilines is 2. The van der Waals surface area contributed by atoms with E-state index in [4.69, 9.17) is 5.73 Å². The molecule has 3 nitrogen and oxygen atoms in total. The van der Waals surface area contributed by atoms with Gasteiger partial charge in [-0.15, -0.1) is 0 Å². The molecule has 1 aromatic carbocycles. The number of nitrogens with zero attached hydrogens (tertiary/aromatic N) is 2. The van der Waals surface area contributed by atoms with Crippen LogP contribution in [0, 0.1) is 18.6 Å². The lowest BCUT2D eigenvalue weighted by molar-refractivity contribution is 0.571. The van der Waals surface area contributed by atoms with Crippen molar-refractivity contribution in [2.24, 2.45) is 5.73 Å². The maximum absolute atomic E-state index is 13.9. The lowest BCUT2D eigenvalue weighted by Gasteiger charge is -2.24. The lowest BCUT2D eigenvalue weighted by atomic mass is 10.2. The van der Waals surface area contributed by atoms with Crippen LogP contribution in [0.2, 0.25) is 0 Å². The summed E-state index contributed by atoms with van der Waals surface area (Å²) in [6.07, 6.45) is 1.70. The van der Waals surface area contributed by atoms with Crippen LogP contribution in [0.5, 0.6) is 0 Å². The first-order valence-electron chi connectivity index (χ1n) is 6.47. The van der Waals surface area contributed by atoms with Crippen LogP contribution >= 0.6 is 0 Å². The topological polar surface area (TPSA) is 42.1 Å². The first kappa shape index (κ1) is 14.4. The molecule has 5 heteroatoms. The smallest absolute Gasteiger partial charge is 0.169 e. The fourth-order valence-electron chi connectivity index (χ4n) is 1.94. The number of benzene rings is 1. The number of nitrogens with two attached hydrogens (primary N) is 1. The van der Waals surface area contributed by atoms with Crippen LogP contribution in [-0.4, -0.2) is 18.1 Å². The Balaban J connectivity index is 2.38. The molecular formula is C15H17F2N3. The zero-order valence-corrected chi connectivity index (χ0v) is 11.3. The normalized spacial score (nSPS) is 10.6. The Hall–Kier alpha value is -2.01. The van der Waals surface area contributed by atoms with Gasteiger partial charge in [0.15, 0.2) is 11.6 Å². The van der Waals surface area contributed by atoms with E-state index in [1.165, 1.54) is 0 Å². The van der Waals surface area contributed by atoms with Gasteiger partial charge in [0.05, 0.1) is 6.20 Å². The van der Waals surface area contributed by atoms with E-state index in [1.54, 1.807) is 4.90 Å². The predicted molar refractivity (Wildman–Crippen MR) is 76.0 cm³/mol. The van der Waals surface area contributed by atoms with Crippen LogP contribution < -0.4 is 10.6 Å². The molecule has 2 aromatic rings. The number of hydrogen-bond acceptors (Lipinski definition) is 3. The molecular weight excluding hydrogens is 260 g/mol. The number of aryl methyl sites for hydroxylation is 1. The molecule has 20 heavy (non-hydrogen) atoms. The predicted octanol–water partition coefficient (Wildman–Crippen LogP) is 3.16. The van der Waals surface area contributed by atoms with E-state index in [0.29, 0.717) is 19.5 Å². The number of rotatable bonds is 5. The quantitative estimate of drug-likeness (QED) is 0.912. The van der Waals surface area contributed by atoms with E-state index in [9.17, 15) is 8.78 Å². The first-order chi connectivity index (χ1) is 9.61. The molecule has 0 bridgehead atoms. The molecule has 0 aliphatic rings. The van der Waals surface area contributed by atoms with Gasteiger partial charge in [0.2, 0.25) is 0 Å². The molecule has 0 fully saturated rings. The second-order valence-corrected chi connectivity index (χ2v) is 4.59. The van der Waals surface area contributed by atoms with Crippen LogP contribution in [0.25, 0.3) is 0 Å². The van der Waals surface area contributed by atoms with Crippen LogP contribution in [-0.2, 0) is 0 Å². The molecule has 0 amide bonds. The van der Waals surface area contributed by atoms with E-state index in [0.717, 1.165) is 23.5 Å². The maximum Gasteiger partial charge on any atom is 0.169 e. The minimum absolute atomic E-state index is 0.115. The summed E-state index contributed by atoms with van der Waals surface area (Å²) in [5, 5.41) is 0. The molecule has 0 radical (unpaired) electrons. The summed E-state index contributed by atoms with van der Waals surface area (Å²) in [6.45, 7) is 2.99. The van der Waals surface area contributed by atoms with Gasteiger partial charge in [-0.25, -0.2) is 13.8 Å². The van der Waals surface area contributed by atoms with Crippen LogP contribution in [0.4, 0.5) is 20.3 Å². The molecule has 0 spiro atoms. The summed E-state index contributed by atoms with van der Waals surface area (Å²) in [5.74, 6) is -1.25. The van der Waals surface area contributed by atoms with Gasteiger partial charge in [-0.3, -0.25) is 0 Å². The third kappa shape index (κ3) is 3.30. The van der Waals surface area contributed by atoms with Gasteiger partial charge >= 0.3 is 0 Å². The van der Waals surface area contributed by atoms with E-state index < -0.39 is 11.6 Å². The highest BCUT2D eigenvalue weighted by atomic mass is 19.1. The summed E-state index contributed by atoms with van der Waals surface area (Å²) >= 11 is 0. The highest BCUT2D eigenvalue weighted by Crippen LogP contribution is 2.26. The second kappa shape index (κ2) is 6.43. The van der Waals surface area contributed by atoms with Crippen molar-refractivity contribution in [3.8, 4) is 0 Å². The van der Waals surface area contributed by atoms with Gasteiger partial charge in [-0.05, 0) is 32.0 Å². The van der Waals surface area contributed by atoms with Crippen molar-refractivity contribution >= 4 is 11.5 Å².